The minimum Gasteiger partial charge on any atom is -0.480 e. The quantitative estimate of drug-likeness (QED) is 0.0252. The number of nitrogens with one attached hydrogen (secondary N) is 10. The van der Waals surface area contributed by atoms with E-state index in [1.807, 2.05) is 0 Å². The second-order valence-electron chi connectivity index (χ2n) is 28.0. The lowest BCUT2D eigenvalue weighted by molar-refractivity contribution is -0.366. The summed E-state index contributed by atoms with van der Waals surface area (Å²) in [5.41, 5.74) is 22.1. The highest BCUT2D eigenvalue weighted by molar-refractivity contribution is 5.94. The van der Waals surface area contributed by atoms with E-state index >= 15 is 0 Å². The van der Waals surface area contributed by atoms with Crippen LogP contribution in [-0.4, -0.2) is 346 Å². The van der Waals surface area contributed by atoms with Crippen molar-refractivity contribution in [3.63, 3.8) is 0 Å². The first-order valence-corrected chi connectivity index (χ1v) is 37.5. The van der Waals surface area contributed by atoms with Crippen molar-refractivity contribution in [2.45, 2.75) is 298 Å². The van der Waals surface area contributed by atoms with E-state index in [4.69, 9.17) is 70.3 Å². The smallest absolute Gasteiger partial charge is 0.326 e. The molecule has 0 aromatic carbocycles. The van der Waals surface area contributed by atoms with Gasteiger partial charge in [0, 0.05) is 47.1 Å². The van der Waals surface area contributed by atoms with E-state index in [2.05, 4.69) is 53.2 Å². The van der Waals surface area contributed by atoms with Gasteiger partial charge in [-0.1, -0.05) is 0 Å². The third kappa shape index (κ3) is 30.1. The summed E-state index contributed by atoms with van der Waals surface area (Å²) in [7, 11) is 0. The Hall–Kier alpha value is -8.18. The highest BCUT2D eigenvalue weighted by Gasteiger charge is 2.58. The number of carboxylic acids is 2. The molecule has 28 atom stereocenters. The molecule has 656 valence electrons. The van der Waals surface area contributed by atoms with E-state index in [1.165, 1.54) is 6.92 Å². The first kappa shape index (κ1) is 99.2. The molecule has 0 aromatic rings. The standard InChI is InChI=1S/C68H116N14O33/c1-10-106-65-45(75-31(6)87)50(94)52(40(24-84)110-65)114-68-48(78-34(9)90)56(108-30(5)62(101)74-28(3)60(99)82-36(58(72)97)18-20-44(92)80-38(64(104)105)16-12-14-22-70)54(42(26-86)112-68)115-66-46(76-32(7)88)51(95)53(41(25-85)111-66)113-67-47(77-33(8)89)55(49(93)39(23-83)109-67)107-29(4)61(100)73-27(2)59(98)81-35(57(71)96)17-19-43(91)79-37(63(102)103)15-11-13-21-69/h27-30,35-42,45-56,65-68,83-86,93-95H,10-26,69-70H2,1-9H3,(H2,71,96)(H2,72,97)(H,73,100)(H,74,101)(H,75,87)(H,76,88)(H,77,89)(H,78,90)(H,79,91)(H,80,92)(H,81,98)(H,82,99)(H,102,103)(H,104,105)/t27-,28-,29+,30+,35+,36+,37-,38-,39+,40+,41+,42+,45+,46+,47+,48+,49+,50+,51+,52+,53+,54+,55+,56+,65+,66-,67-,68-/m0/s1. The van der Waals surface area contributed by atoms with Crippen LogP contribution in [0.5, 0.6) is 0 Å². The summed E-state index contributed by atoms with van der Waals surface area (Å²) in [6, 6.07) is -15.7. The van der Waals surface area contributed by atoms with E-state index in [1.54, 1.807) is 6.92 Å². The number of rotatable bonds is 48. The second-order valence-corrected chi connectivity index (χ2v) is 28.0. The normalized spacial score (nSPS) is 29.4. The van der Waals surface area contributed by atoms with Crippen LogP contribution in [0.2, 0.25) is 0 Å². The highest BCUT2D eigenvalue weighted by Crippen LogP contribution is 2.37. The summed E-state index contributed by atoms with van der Waals surface area (Å²) in [5, 5.41) is 123. The molecule has 47 heteroatoms. The van der Waals surface area contributed by atoms with Crippen LogP contribution in [0, 0.1) is 0 Å². The zero-order valence-electron chi connectivity index (χ0n) is 65.3. The number of carboxylic acid groups (broad SMARTS) is 2. The summed E-state index contributed by atoms with van der Waals surface area (Å²) < 4.78 is 61.8. The number of hydrogen-bond donors (Lipinski definition) is 23. The maximum Gasteiger partial charge on any atom is 0.326 e. The number of nitrogens with two attached hydrogens (primary N) is 4. The molecule has 0 unspecified atom stereocenters. The van der Waals surface area contributed by atoms with Gasteiger partial charge in [0.1, 0.15) is 146 Å². The molecule has 4 aliphatic heterocycles. The van der Waals surface area contributed by atoms with Crippen LogP contribution in [0.4, 0.5) is 0 Å². The van der Waals surface area contributed by atoms with E-state index in [-0.39, 0.29) is 32.5 Å². The van der Waals surface area contributed by atoms with Gasteiger partial charge in [0.15, 0.2) is 25.2 Å². The molecule has 0 aromatic heterocycles. The lowest BCUT2D eigenvalue weighted by atomic mass is 9.92. The molecule has 4 heterocycles. The van der Waals surface area contributed by atoms with Gasteiger partial charge >= 0.3 is 11.9 Å². The molecule has 0 saturated carbocycles. The van der Waals surface area contributed by atoms with E-state index in [0.717, 1.165) is 48.5 Å². The van der Waals surface area contributed by atoms with Gasteiger partial charge in [-0.2, -0.15) is 0 Å². The van der Waals surface area contributed by atoms with Crippen molar-refractivity contribution in [1.82, 2.24) is 53.2 Å². The van der Waals surface area contributed by atoms with Gasteiger partial charge in [0.2, 0.25) is 70.9 Å². The molecule has 47 nitrogen and oxygen atoms in total. The summed E-state index contributed by atoms with van der Waals surface area (Å²) in [5.74, 6) is -14.2. The fraction of sp³-hybridized carbons (Fsp3) is 0.794. The number of hydrogen-bond acceptors (Lipinski definition) is 33. The van der Waals surface area contributed by atoms with Crippen LogP contribution in [0.15, 0.2) is 0 Å². The fourth-order valence-corrected chi connectivity index (χ4v) is 12.9. The van der Waals surface area contributed by atoms with Crippen molar-refractivity contribution < 1.29 is 160 Å². The van der Waals surface area contributed by atoms with Gasteiger partial charge in [0.05, 0.1) is 26.4 Å². The van der Waals surface area contributed by atoms with Crippen molar-refractivity contribution in [2.24, 2.45) is 22.9 Å². The Morgan fingerprint density at radius 1 is 0.391 bits per heavy atom. The van der Waals surface area contributed by atoms with E-state index < -0.39 is 306 Å². The fourth-order valence-electron chi connectivity index (χ4n) is 12.9. The summed E-state index contributed by atoms with van der Waals surface area (Å²) in [4.78, 5) is 182. The molecule has 4 rings (SSSR count). The van der Waals surface area contributed by atoms with Crippen molar-refractivity contribution in [3.8, 4) is 0 Å². The van der Waals surface area contributed by atoms with Crippen LogP contribution in [0.25, 0.3) is 0 Å². The van der Waals surface area contributed by atoms with Crippen LogP contribution >= 0.6 is 0 Å². The average molecular weight is 1660 g/mol. The van der Waals surface area contributed by atoms with E-state index in [0.29, 0.717) is 25.7 Å². The Kier molecular flexibility index (Phi) is 41.8. The van der Waals surface area contributed by atoms with Crippen molar-refractivity contribution in [2.75, 3.05) is 46.1 Å². The van der Waals surface area contributed by atoms with Crippen LogP contribution in [0.1, 0.15) is 127 Å². The third-order valence-corrected chi connectivity index (χ3v) is 18.8. The zero-order valence-corrected chi connectivity index (χ0v) is 65.3. The number of primary amides is 2. The Morgan fingerprint density at radius 3 is 1.08 bits per heavy atom. The Morgan fingerprint density at radius 2 is 0.722 bits per heavy atom. The molecule has 0 bridgehead atoms. The summed E-state index contributed by atoms with van der Waals surface area (Å²) in [6.45, 7) is 6.51. The first-order chi connectivity index (χ1) is 54.2. The SMILES string of the molecule is CCO[C@@H]1O[C@H](CO)[C@@H](O[C@@H]2O[C@H](CO)[C@@H](O[C@@H]3O[C@H](CO)[C@@H](O[C@@H]4O[C@H](CO)[C@@H](O)[C@H](O[C@H](C)C(=O)N[C@@H](C)C(=O)N[C@H](CCC(=O)N[C@@H](CCCCN)C(=O)O)C(N)=O)[C@H]4NC(C)=O)[C@H](O)[C@H]3NC(C)=O)[C@H](O[C@H](C)C(=O)N[C@@H](C)C(=O)N[C@H](CCC(=O)N[C@@H](CCCCN)C(=O)O)C(N)=O)[C@H]2NC(C)=O)[C@H](O)[C@H]1NC(C)=O. The number of carbonyl (C=O) groups is 14. The minimum atomic E-state index is -2.20. The van der Waals surface area contributed by atoms with Gasteiger partial charge < -0.3 is 169 Å². The Labute approximate surface area is 661 Å². The molecule has 4 saturated heterocycles. The van der Waals surface area contributed by atoms with E-state index in [9.17, 15) is 113 Å². The van der Waals surface area contributed by atoms with Gasteiger partial charge in [-0.15, -0.1) is 0 Å². The number of aliphatic hydroxyl groups is 7. The molecular formula is C68H116N14O33. The Bertz CT molecular complexity index is 3250. The average Bonchev–Trinajstić information content (AvgIpc) is 0.830. The molecule has 12 amide bonds. The largest absolute Gasteiger partial charge is 0.480 e. The predicted molar refractivity (Wildman–Crippen MR) is 387 cm³/mol. The van der Waals surface area contributed by atoms with Crippen LogP contribution < -0.4 is 76.1 Å². The van der Waals surface area contributed by atoms with Gasteiger partial charge in [0.25, 0.3) is 0 Å². The first-order valence-electron chi connectivity index (χ1n) is 37.5. The molecule has 4 aliphatic rings. The molecule has 0 aliphatic carbocycles. The lowest BCUT2D eigenvalue weighted by Gasteiger charge is -2.52. The number of ether oxygens (including phenoxy) is 10. The van der Waals surface area contributed by atoms with Crippen LogP contribution in [0.3, 0.4) is 0 Å². The number of amides is 12. The predicted octanol–water partition coefficient (Wildman–Crippen LogP) is -11.4. The molecule has 0 spiro atoms. The summed E-state index contributed by atoms with van der Waals surface area (Å²) >= 11 is 0. The minimum absolute atomic E-state index is 0.0321. The maximum atomic E-state index is 14.4. The van der Waals surface area contributed by atoms with Crippen molar-refractivity contribution in [3.05, 3.63) is 0 Å². The maximum absolute atomic E-state index is 14.4. The number of aliphatic carboxylic acids is 2. The Balaban J connectivity index is 1.72. The molecule has 115 heavy (non-hydrogen) atoms. The van der Waals surface area contributed by atoms with Crippen molar-refractivity contribution in [1.29, 1.82) is 0 Å². The molecular weight excluding hydrogens is 1540 g/mol. The number of carbonyl (C=O) groups excluding carboxylic acids is 12. The lowest BCUT2D eigenvalue weighted by Crippen LogP contribution is -2.72. The van der Waals surface area contributed by atoms with Gasteiger partial charge in [-0.25, -0.2) is 9.59 Å². The highest BCUT2D eigenvalue weighted by atomic mass is 16.8. The molecule has 27 N–H and O–H groups in total. The third-order valence-electron chi connectivity index (χ3n) is 18.8. The summed E-state index contributed by atoms with van der Waals surface area (Å²) in [6.07, 6.45) is -33.7. The molecule has 0 radical (unpaired) electrons. The number of unbranched alkanes of at least 4 members (excludes halogenated alkanes) is 2. The monoisotopic (exact) mass is 1660 g/mol. The topological polar surface area (TPSA) is 738 Å². The van der Waals surface area contributed by atoms with Gasteiger partial charge in [-0.05, 0) is 99.1 Å². The van der Waals surface area contributed by atoms with Gasteiger partial charge in [-0.3, -0.25) is 57.5 Å². The van der Waals surface area contributed by atoms with Crippen LogP contribution in [-0.2, 0) is 114 Å². The zero-order chi connectivity index (χ0) is 86.4. The second kappa shape index (κ2) is 48.5. The number of aliphatic hydroxyl groups excluding tert-OH is 7. The van der Waals surface area contributed by atoms with Crippen molar-refractivity contribution >= 4 is 82.8 Å². The molecule has 4 fully saturated rings.